The lowest BCUT2D eigenvalue weighted by molar-refractivity contribution is -0.137. The van der Waals surface area contributed by atoms with Crippen LogP contribution in [-0.2, 0) is 27.7 Å². The number of alkyl halides is 3. The van der Waals surface area contributed by atoms with Crippen molar-refractivity contribution >= 4 is 46.6 Å². The van der Waals surface area contributed by atoms with Crippen molar-refractivity contribution in [2.45, 2.75) is 83.4 Å². The first kappa shape index (κ1) is 42.2. The Morgan fingerprint density at radius 1 is 0.937 bits per heavy atom. The molecule has 1 aliphatic carbocycles. The van der Waals surface area contributed by atoms with Crippen LogP contribution in [0.25, 0.3) is 17.2 Å². The second-order valence-electron chi connectivity index (χ2n) is 17.4. The summed E-state index contributed by atoms with van der Waals surface area (Å²) in [6.07, 6.45) is 0.223. The Morgan fingerprint density at radius 2 is 1.63 bits per heavy atom. The average molecular weight is 888 g/mol. The molecule has 20 heteroatoms. The summed E-state index contributed by atoms with van der Waals surface area (Å²) < 4.78 is 43.0. The first-order valence-corrected chi connectivity index (χ1v) is 21.3. The highest BCUT2D eigenvalue weighted by Gasteiger charge is 2.50. The van der Waals surface area contributed by atoms with Crippen molar-refractivity contribution in [1.82, 2.24) is 43.9 Å². The van der Waals surface area contributed by atoms with Crippen LogP contribution in [0.4, 0.5) is 24.7 Å². The monoisotopic (exact) mass is 887 g/mol. The topological polar surface area (TPSA) is 184 Å². The van der Waals surface area contributed by atoms with Gasteiger partial charge >= 0.3 is 6.18 Å². The molecule has 3 amide bonds. The van der Waals surface area contributed by atoms with Crippen LogP contribution in [0.2, 0.25) is 5.02 Å². The van der Waals surface area contributed by atoms with Crippen molar-refractivity contribution < 1.29 is 32.7 Å². The predicted molar refractivity (Wildman–Crippen MR) is 225 cm³/mol. The number of fused-ring (bicyclic) bond motifs is 3. The van der Waals surface area contributed by atoms with Gasteiger partial charge in [0.15, 0.2) is 17.3 Å². The molecule has 2 N–H and O–H groups in total. The zero-order valence-electron chi connectivity index (χ0n) is 35.1. The molecular weight excluding hydrogens is 843 g/mol. The summed E-state index contributed by atoms with van der Waals surface area (Å²) in [6.45, 7) is 7.60. The first-order chi connectivity index (χ1) is 29.9. The second kappa shape index (κ2) is 15.3. The molecular formula is C43H45ClF3N11O5. The molecule has 3 saturated heterocycles. The molecule has 0 radical (unpaired) electrons. The van der Waals surface area contributed by atoms with E-state index in [-0.39, 0.29) is 76.3 Å². The van der Waals surface area contributed by atoms with Gasteiger partial charge in [-0.1, -0.05) is 18.5 Å². The van der Waals surface area contributed by atoms with E-state index in [1.54, 1.807) is 16.4 Å². The zero-order chi connectivity index (χ0) is 44.7. The SMILES string of the molecule is Cc1nc(N2CCC3(CCN(C)C3=O)CC2)ccc1-c1nc2n(CC(=O)Nc3ccc(C(F)(F)F)cc3Cl)c3c(c(=O)n2n1)C1(CCN(C(=O)c2ncnc(C)c2O)CC1)CC3C. The van der Waals surface area contributed by atoms with Crippen LogP contribution in [-0.4, -0.2) is 107 Å². The van der Waals surface area contributed by atoms with Crippen molar-refractivity contribution in [3.05, 3.63) is 85.9 Å². The van der Waals surface area contributed by atoms with E-state index in [0.29, 0.717) is 54.9 Å². The number of amides is 3. The molecule has 1 atom stereocenters. The average Bonchev–Trinajstić information content (AvgIpc) is 3.90. The van der Waals surface area contributed by atoms with Gasteiger partial charge in [0.05, 0.1) is 33.1 Å². The van der Waals surface area contributed by atoms with E-state index in [1.165, 1.54) is 10.8 Å². The number of aryl methyl sites for hydroxylation is 2. The van der Waals surface area contributed by atoms with Crippen LogP contribution < -0.4 is 15.8 Å². The maximum absolute atomic E-state index is 14.8. The maximum atomic E-state index is 14.8. The number of hydrogen-bond acceptors (Lipinski definition) is 11. The summed E-state index contributed by atoms with van der Waals surface area (Å²) in [5.41, 5.74) is -0.0747. The normalized spacial score (nSPS) is 19.4. The summed E-state index contributed by atoms with van der Waals surface area (Å²) in [6, 6.07) is 6.38. The Kier molecular flexibility index (Phi) is 10.3. The molecule has 16 nitrogen and oxygen atoms in total. The third kappa shape index (κ3) is 7.13. The third-order valence-electron chi connectivity index (χ3n) is 13.6. The van der Waals surface area contributed by atoms with Gasteiger partial charge < -0.3 is 29.7 Å². The summed E-state index contributed by atoms with van der Waals surface area (Å²) in [5.74, 6) is -0.395. The molecule has 7 heterocycles. The predicted octanol–water partition coefficient (Wildman–Crippen LogP) is 5.51. The van der Waals surface area contributed by atoms with Crippen molar-refractivity contribution in [2.24, 2.45) is 5.41 Å². The number of piperidine rings is 2. The number of aromatic hydroxyl groups is 1. The first-order valence-electron chi connectivity index (χ1n) is 20.9. The van der Waals surface area contributed by atoms with Crippen LogP contribution in [0, 0.1) is 19.3 Å². The standard InChI is InChI=1S/C43H45ClF3N11O5/c1-23-20-42(12-17-56(18-13-42)38(62)33-35(60)25(3)48-22-49-33)32-34(23)57(21-31(59)51-29-7-5-26(19-28(29)44)43(45,46)47)40-52-36(53-58(40)37(32)61)27-6-8-30(50-24(27)2)55-15-10-41(11-16-55)9-14-54(4)39(41)63/h5-8,19,22-23,60H,9-18,20-21H2,1-4H3,(H,51,59). The Balaban J connectivity index is 1.06. The number of anilines is 2. The van der Waals surface area contributed by atoms with E-state index in [2.05, 4.69) is 20.2 Å². The third-order valence-corrected chi connectivity index (χ3v) is 14.0. The summed E-state index contributed by atoms with van der Waals surface area (Å²) >= 11 is 6.23. The molecule has 330 valence electrons. The number of pyridine rings is 1. The largest absolute Gasteiger partial charge is 0.504 e. The van der Waals surface area contributed by atoms with Gasteiger partial charge in [-0.25, -0.2) is 15.0 Å². The van der Waals surface area contributed by atoms with Gasteiger partial charge in [0.2, 0.25) is 17.6 Å². The Labute approximate surface area is 364 Å². The minimum atomic E-state index is -4.63. The van der Waals surface area contributed by atoms with E-state index in [1.807, 2.05) is 37.9 Å². The molecule has 3 fully saturated rings. The molecule has 3 aliphatic heterocycles. The van der Waals surface area contributed by atoms with Crippen LogP contribution in [0.15, 0.2) is 41.5 Å². The number of hydrogen-bond donors (Lipinski definition) is 2. The number of halogens is 4. The van der Waals surface area contributed by atoms with Crippen LogP contribution in [0.1, 0.15) is 90.1 Å². The fraction of sp³-hybridized carbons (Fsp3) is 0.465. The highest BCUT2D eigenvalue weighted by molar-refractivity contribution is 6.33. The number of carbonyl (C=O) groups excluding carboxylic acids is 3. The van der Waals surface area contributed by atoms with E-state index < -0.39 is 34.5 Å². The lowest BCUT2D eigenvalue weighted by Gasteiger charge is -2.39. The Hall–Kier alpha value is -6.11. The molecule has 63 heavy (non-hydrogen) atoms. The molecule has 0 saturated carbocycles. The molecule has 1 aromatic carbocycles. The van der Waals surface area contributed by atoms with E-state index >= 15 is 0 Å². The Bertz CT molecular complexity index is 2780. The molecule has 1 unspecified atom stereocenters. The van der Waals surface area contributed by atoms with Gasteiger partial charge in [0.25, 0.3) is 11.5 Å². The van der Waals surface area contributed by atoms with Gasteiger partial charge in [-0.15, -0.1) is 5.10 Å². The van der Waals surface area contributed by atoms with Crippen molar-refractivity contribution in [3.63, 3.8) is 0 Å². The van der Waals surface area contributed by atoms with Crippen molar-refractivity contribution in [3.8, 4) is 17.1 Å². The molecule has 4 aliphatic rings. The quantitative estimate of drug-likeness (QED) is 0.219. The number of nitrogens with one attached hydrogen (secondary N) is 1. The van der Waals surface area contributed by atoms with Gasteiger partial charge in [0, 0.05) is 62.0 Å². The molecule has 5 aromatic rings. The number of benzene rings is 1. The summed E-state index contributed by atoms with van der Waals surface area (Å²) in [5, 5.41) is 17.6. The van der Waals surface area contributed by atoms with Gasteiger partial charge in [-0.3, -0.25) is 19.2 Å². The minimum absolute atomic E-state index is 0.0233. The van der Waals surface area contributed by atoms with Crippen LogP contribution in [0.5, 0.6) is 5.75 Å². The summed E-state index contributed by atoms with van der Waals surface area (Å²) in [4.78, 5) is 78.5. The van der Waals surface area contributed by atoms with Crippen molar-refractivity contribution in [2.75, 3.05) is 50.0 Å². The van der Waals surface area contributed by atoms with Gasteiger partial charge in [-0.05, 0) is 88.6 Å². The fourth-order valence-electron chi connectivity index (χ4n) is 10.2. The van der Waals surface area contributed by atoms with Crippen LogP contribution >= 0.6 is 11.6 Å². The number of nitrogens with zero attached hydrogens (tertiary/aromatic N) is 10. The van der Waals surface area contributed by atoms with E-state index in [0.717, 1.165) is 49.8 Å². The number of likely N-dealkylation sites (tertiary alicyclic amines) is 2. The number of carbonyl (C=O) groups is 3. The number of rotatable bonds is 6. The van der Waals surface area contributed by atoms with Crippen LogP contribution in [0.3, 0.4) is 0 Å². The van der Waals surface area contributed by atoms with Crippen molar-refractivity contribution in [1.29, 1.82) is 0 Å². The second-order valence-corrected chi connectivity index (χ2v) is 17.8. The maximum Gasteiger partial charge on any atom is 0.416 e. The molecule has 0 bridgehead atoms. The molecule has 2 spiro atoms. The lowest BCUT2D eigenvalue weighted by Crippen LogP contribution is -2.46. The smallest absolute Gasteiger partial charge is 0.416 e. The van der Waals surface area contributed by atoms with E-state index in [4.69, 9.17) is 26.7 Å². The lowest BCUT2D eigenvalue weighted by atomic mass is 9.73. The van der Waals surface area contributed by atoms with E-state index in [9.17, 15) is 37.5 Å². The van der Waals surface area contributed by atoms with Gasteiger partial charge in [0.1, 0.15) is 18.7 Å². The minimum Gasteiger partial charge on any atom is -0.504 e. The van der Waals surface area contributed by atoms with Gasteiger partial charge in [-0.2, -0.15) is 22.7 Å². The Morgan fingerprint density at radius 3 is 2.29 bits per heavy atom. The molecule has 9 rings (SSSR count). The highest BCUT2D eigenvalue weighted by Crippen LogP contribution is 2.51. The fourth-order valence-corrected chi connectivity index (χ4v) is 10.4. The molecule has 4 aromatic heterocycles. The highest BCUT2D eigenvalue weighted by atomic mass is 35.5. The summed E-state index contributed by atoms with van der Waals surface area (Å²) in [7, 11) is 1.85. The number of aromatic nitrogens is 7. The zero-order valence-corrected chi connectivity index (χ0v) is 35.8.